The van der Waals surface area contributed by atoms with E-state index in [2.05, 4.69) is 9.72 Å². The zero-order valence-corrected chi connectivity index (χ0v) is 10.2. The fraction of sp³-hybridized carbons (Fsp3) is 0.250. The molecule has 0 amide bonds. The third kappa shape index (κ3) is 2.79. The van der Waals surface area contributed by atoms with Crippen LogP contribution in [0.15, 0.2) is 24.3 Å². The highest BCUT2D eigenvalue weighted by molar-refractivity contribution is 7.11. The number of aryl methyl sites for hydroxylation is 2. The van der Waals surface area contributed by atoms with Crippen molar-refractivity contribution < 1.29 is 13.5 Å². The lowest BCUT2D eigenvalue weighted by atomic mass is 10.1. The predicted molar refractivity (Wildman–Crippen MR) is 63.7 cm³/mol. The van der Waals surface area contributed by atoms with Gasteiger partial charge in [-0.3, -0.25) is 0 Å². The number of thiazole rings is 1. The van der Waals surface area contributed by atoms with E-state index in [1.165, 1.54) is 12.1 Å². The first-order valence-electron chi connectivity index (χ1n) is 5.05. The second-order valence-corrected chi connectivity index (χ2v) is 4.95. The van der Waals surface area contributed by atoms with Crippen molar-refractivity contribution in [3.63, 3.8) is 0 Å². The lowest BCUT2D eigenvalue weighted by Gasteiger charge is -2.05. The van der Waals surface area contributed by atoms with Crippen LogP contribution in [-0.4, -0.2) is 11.6 Å². The lowest BCUT2D eigenvalue weighted by Crippen LogP contribution is -2.01. The van der Waals surface area contributed by atoms with Crippen LogP contribution in [0.5, 0.6) is 5.75 Å². The van der Waals surface area contributed by atoms with Gasteiger partial charge in [0.1, 0.15) is 5.75 Å². The Morgan fingerprint density at radius 3 is 2.29 bits per heavy atom. The number of ether oxygens (including phenoxy) is 1. The molecule has 0 saturated carbocycles. The first-order valence-corrected chi connectivity index (χ1v) is 5.87. The molecule has 0 atom stereocenters. The molecule has 0 bridgehead atoms. The molecule has 0 aliphatic rings. The van der Waals surface area contributed by atoms with Crippen LogP contribution in [0, 0.1) is 13.8 Å². The van der Waals surface area contributed by atoms with Gasteiger partial charge < -0.3 is 4.74 Å². The molecule has 17 heavy (non-hydrogen) atoms. The molecule has 1 heterocycles. The minimum Gasteiger partial charge on any atom is -0.435 e. The summed E-state index contributed by atoms with van der Waals surface area (Å²) >= 11 is 1.62. The number of nitrogens with zero attached hydrogens (tertiary/aromatic N) is 1. The maximum absolute atomic E-state index is 12.0. The molecular weight excluding hydrogens is 244 g/mol. The van der Waals surface area contributed by atoms with E-state index in [-0.39, 0.29) is 5.75 Å². The van der Waals surface area contributed by atoms with Gasteiger partial charge in [0.05, 0.1) is 10.7 Å². The Morgan fingerprint density at radius 1 is 1.18 bits per heavy atom. The van der Waals surface area contributed by atoms with E-state index < -0.39 is 6.61 Å². The van der Waals surface area contributed by atoms with Gasteiger partial charge in [-0.2, -0.15) is 8.78 Å². The Hall–Kier alpha value is -1.49. The Bertz CT molecular complexity index is 508. The van der Waals surface area contributed by atoms with Gasteiger partial charge >= 0.3 is 6.61 Å². The average molecular weight is 255 g/mol. The van der Waals surface area contributed by atoms with E-state index in [0.717, 1.165) is 21.1 Å². The van der Waals surface area contributed by atoms with E-state index in [1.807, 2.05) is 13.8 Å². The third-order valence-electron chi connectivity index (χ3n) is 2.26. The minimum atomic E-state index is -2.79. The molecule has 5 heteroatoms. The van der Waals surface area contributed by atoms with Gasteiger partial charge in [0, 0.05) is 10.4 Å². The van der Waals surface area contributed by atoms with Crippen LogP contribution in [0.3, 0.4) is 0 Å². The number of hydrogen-bond donors (Lipinski definition) is 0. The predicted octanol–water partition coefficient (Wildman–Crippen LogP) is 4.03. The van der Waals surface area contributed by atoms with E-state index in [4.69, 9.17) is 0 Å². The Labute approximate surface area is 102 Å². The molecule has 0 aliphatic heterocycles. The molecule has 1 aromatic heterocycles. The molecule has 0 aliphatic carbocycles. The molecular formula is C12H11F2NOS. The lowest BCUT2D eigenvalue weighted by molar-refractivity contribution is -0.0498. The molecule has 0 fully saturated rings. The highest BCUT2D eigenvalue weighted by Gasteiger charge is 2.08. The zero-order valence-electron chi connectivity index (χ0n) is 9.41. The third-order valence-corrected chi connectivity index (χ3v) is 3.14. The maximum atomic E-state index is 12.0. The van der Waals surface area contributed by atoms with Crippen LogP contribution in [0.25, 0.3) is 11.3 Å². The molecule has 0 N–H and O–H groups in total. The Balaban J connectivity index is 2.26. The van der Waals surface area contributed by atoms with E-state index >= 15 is 0 Å². The van der Waals surface area contributed by atoms with Gasteiger partial charge in [-0.05, 0) is 38.1 Å². The standard InChI is InChI=1S/C12H11F2NOS/c1-7-11(15-8(2)17-7)9-3-5-10(6-4-9)16-12(13)14/h3-6,12H,1-2H3. The Kier molecular flexibility index (Phi) is 3.38. The highest BCUT2D eigenvalue weighted by atomic mass is 32.1. The van der Waals surface area contributed by atoms with Crippen LogP contribution in [0.2, 0.25) is 0 Å². The molecule has 2 nitrogen and oxygen atoms in total. The highest BCUT2D eigenvalue weighted by Crippen LogP contribution is 2.28. The fourth-order valence-electron chi connectivity index (χ4n) is 1.59. The van der Waals surface area contributed by atoms with E-state index in [1.54, 1.807) is 23.5 Å². The van der Waals surface area contributed by atoms with Crippen molar-refractivity contribution in [3.8, 4) is 17.0 Å². The summed E-state index contributed by atoms with van der Waals surface area (Å²) in [6.45, 7) is 1.14. The van der Waals surface area contributed by atoms with Crippen LogP contribution in [0.4, 0.5) is 8.78 Å². The monoisotopic (exact) mass is 255 g/mol. The van der Waals surface area contributed by atoms with E-state index in [0.29, 0.717) is 0 Å². The van der Waals surface area contributed by atoms with Gasteiger partial charge in [-0.25, -0.2) is 4.98 Å². The van der Waals surface area contributed by atoms with E-state index in [9.17, 15) is 8.78 Å². The number of aromatic nitrogens is 1. The summed E-state index contributed by atoms with van der Waals surface area (Å²) in [5.74, 6) is 0.161. The Morgan fingerprint density at radius 2 is 1.82 bits per heavy atom. The van der Waals surface area contributed by atoms with Crippen molar-refractivity contribution >= 4 is 11.3 Å². The summed E-state index contributed by atoms with van der Waals surface area (Å²) in [6, 6.07) is 6.52. The van der Waals surface area contributed by atoms with Crippen LogP contribution >= 0.6 is 11.3 Å². The number of rotatable bonds is 3. The normalized spacial score (nSPS) is 10.9. The number of benzene rings is 1. The summed E-state index contributed by atoms with van der Waals surface area (Å²) in [7, 11) is 0. The van der Waals surface area contributed by atoms with Crippen molar-refractivity contribution in [1.29, 1.82) is 0 Å². The molecule has 2 rings (SSSR count). The van der Waals surface area contributed by atoms with Gasteiger partial charge in [0.25, 0.3) is 0 Å². The second kappa shape index (κ2) is 4.79. The number of hydrogen-bond acceptors (Lipinski definition) is 3. The SMILES string of the molecule is Cc1nc(-c2ccc(OC(F)F)cc2)c(C)s1. The fourth-order valence-corrected chi connectivity index (χ4v) is 2.43. The number of alkyl halides is 2. The summed E-state index contributed by atoms with van der Waals surface area (Å²) in [5, 5.41) is 0.991. The first kappa shape index (κ1) is 12.0. The van der Waals surface area contributed by atoms with Crippen molar-refractivity contribution in [2.75, 3.05) is 0 Å². The quantitative estimate of drug-likeness (QED) is 0.826. The second-order valence-electron chi connectivity index (χ2n) is 3.54. The van der Waals surface area contributed by atoms with Gasteiger partial charge in [-0.15, -0.1) is 11.3 Å². The van der Waals surface area contributed by atoms with Gasteiger partial charge in [0.15, 0.2) is 0 Å². The summed E-state index contributed by atoms with van der Waals surface area (Å²) in [6.07, 6.45) is 0. The maximum Gasteiger partial charge on any atom is 0.387 e. The van der Waals surface area contributed by atoms with Crippen molar-refractivity contribution in [2.45, 2.75) is 20.5 Å². The topological polar surface area (TPSA) is 22.1 Å². The summed E-state index contributed by atoms with van der Waals surface area (Å²) < 4.78 is 28.2. The molecule has 2 aromatic rings. The van der Waals surface area contributed by atoms with Crippen molar-refractivity contribution in [1.82, 2.24) is 4.98 Å². The van der Waals surface area contributed by atoms with Crippen molar-refractivity contribution in [2.24, 2.45) is 0 Å². The van der Waals surface area contributed by atoms with Crippen molar-refractivity contribution in [3.05, 3.63) is 34.2 Å². The number of halogens is 2. The summed E-state index contributed by atoms with van der Waals surface area (Å²) in [5.41, 5.74) is 1.81. The van der Waals surface area contributed by atoms with Crippen LogP contribution < -0.4 is 4.74 Å². The first-order chi connectivity index (χ1) is 8.06. The van der Waals surface area contributed by atoms with Gasteiger partial charge in [-0.1, -0.05) is 0 Å². The molecule has 0 unspecified atom stereocenters. The molecule has 0 saturated heterocycles. The van der Waals surface area contributed by atoms with Crippen LogP contribution in [0.1, 0.15) is 9.88 Å². The largest absolute Gasteiger partial charge is 0.435 e. The molecule has 0 radical (unpaired) electrons. The summed E-state index contributed by atoms with van der Waals surface area (Å²) in [4.78, 5) is 5.52. The smallest absolute Gasteiger partial charge is 0.387 e. The molecule has 90 valence electrons. The molecule has 0 spiro atoms. The van der Waals surface area contributed by atoms with Crippen LogP contribution in [-0.2, 0) is 0 Å². The zero-order chi connectivity index (χ0) is 12.4. The minimum absolute atomic E-state index is 0.161. The van der Waals surface area contributed by atoms with Gasteiger partial charge in [0.2, 0.25) is 0 Å². The molecule has 1 aromatic carbocycles. The average Bonchev–Trinajstić information content (AvgIpc) is 2.58.